The summed E-state index contributed by atoms with van der Waals surface area (Å²) in [5, 5.41) is 12.5. The molecule has 3 heteroatoms. The van der Waals surface area contributed by atoms with Gasteiger partial charge >= 0.3 is 0 Å². The van der Waals surface area contributed by atoms with Crippen LogP contribution in [0.1, 0.15) is 43.7 Å². The van der Waals surface area contributed by atoms with Gasteiger partial charge in [-0.2, -0.15) is 0 Å². The van der Waals surface area contributed by atoms with Gasteiger partial charge in [0.15, 0.2) is 0 Å². The highest BCUT2D eigenvalue weighted by molar-refractivity contribution is 5.84. The first-order chi connectivity index (χ1) is 9.59. The first kappa shape index (κ1) is 13.6. The summed E-state index contributed by atoms with van der Waals surface area (Å²) < 4.78 is 0. The zero-order chi connectivity index (χ0) is 14.3. The Hall–Kier alpha value is -1.35. The highest BCUT2D eigenvalue weighted by Gasteiger charge is 2.57. The van der Waals surface area contributed by atoms with E-state index in [0.29, 0.717) is 11.8 Å². The van der Waals surface area contributed by atoms with Crippen molar-refractivity contribution in [2.75, 3.05) is 6.61 Å². The van der Waals surface area contributed by atoms with Crippen LogP contribution in [-0.2, 0) is 11.2 Å². The molecule has 108 valence electrons. The Morgan fingerprint density at radius 1 is 1.45 bits per heavy atom. The normalized spacial score (nSPS) is 29.9. The summed E-state index contributed by atoms with van der Waals surface area (Å²) in [6.07, 6.45) is 2.95. The van der Waals surface area contributed by atoms with Crippen LogP contribution < -0.4 is 5.32 Å². The third kappa shape index (κ3) is 2.14. The summed E-state index contributed by atoms with van der Waals surface area (Å²) in [5.41, 5.74) is 2.29. The van der Waals surface area contributed by atoms with Gasteiger partial charge in [-0.1, -0.05) is 31.2 Å². The molecule has 2 aliphatic rings. The van der Waals surface area contributed by atoms with Crippen molar-refractivity contribution < 1.29 is 9.90 Å². The van der Waals surface area contributed by atoms with E-state index in [9.17, 15) is 9.90 Å². The molecule has 1 amide bonds. The summed E-state index contributed by atoms with van der Waals surface area (Å²) in [6.45, 7) is 3.89. The van der Waals surface area contributed by atoms with Gasteiger partial charge in [-0.25, -0.2) is 0 Å². The van der Waals surface area contributed by atoms with E-state index in [1.807, 2.05) is 13.8 Å². The molecule has 2 N–H and O–H groups in total. The fourth-order valence-corrected chi connectivity index (χ4v) is 3.54. The Morgan fingerprint density at radius 3 is 2.90 bits per heavy atom. The minimum absolute atomic E-state index is 0.00607. The van der Waals surface area contributed by atoms with Gasteiger partial charge in [0.05, 0.1) is 12.1 Å². The van der Waals surface area contributed by atoms with E-state index in [-0.39, 0.29) is 18.4 Å². The number of rotatable bonds is 4. The standard InChI is InChI=1S/C17H23NO2/c1-3-17(2,10-19)18-16(20)15-13-9-8-11-6-4-5-7-12(11)14(13)15/h4-7,13-15,19H,3,8-10H2,1-2H3,(H,18,20). The molecule has 2 aliphatic carbocycles. The third-order valence-electron chi connectivity index (χ3n) is 5.19. The van der Waals surface area contributed by atoms with Crippen LogP contribution in [0, 0.1) is 11.8 Å². The van der Waals surface area contributed by atoms with Crippen molar-refractivity contribution in [3.8, 4) is 0 Å². The number of aryl methyl sites for hydroxylation is 1. The van der Waals surface area contributed by atoms with Crippen molar-refractivity contribution in [3.63, 3.8) is 0 Å². The lowest BCUT2D eigenvalue weighted by atomic mass is 9.92. The number of carbonyl (C=O) groups is 1. The summed E-state index contributed by atoms with van der Waals surface area (Å²) >= 11 is 0. The van der Waals surface area contributed by atoms with E-state index in [4.69, 9.17) is 0 Å². The molecule has 0 aliphatic heterocycles. The predicted molar refractivity (Wildman–Crippen MR) is 78.4 cm³/mol. The molecule has 0 spiro atoms. The van der Waals surface area contributed by atoms with Gasteiger partial charge in [0.1, 0.15) is 0 Å². The molecule has 1 saturated carbocycles. The van der Waals surface area contributed by atoms with Crippen LogP contribution in [0.4, 0.5) is 0 Å². The van der Waals surface area contributed by atoms with E-state index in [1.165, 1.54) is 11.1 Å². The third-order valence-corrected chi connectivity index (χ3v) is 5.19. The maximum atomic E-state index is 12.5. The summed E-state index contributed by atoms with van der Waals surface area (Å²) in [5.74, 6) is 1.13. The topological polar surface area (TPSA) is 49.3 Å². The van der Waals surface area contributed by atoms with Gasteiger partial charge in [-0.3, -0.25) is 4.79 Å². The molecule has 20 heavy (non-hydrogen) atoms. The number of benzene rings is 1. The second kappa shape index (κ2) is 4.88. The predicted octanol–water partition coefficient (Wildman–Crippen LogP) is 2.24. The molecular formula is C17H23NO2. The van der Waals surface area contributed by atoms with E-state index >= 15 is 0 Å². The molecule has 1 fully saturated rings. The minimum atomic E-state index is -0.484. The second-order valence-electron chi connectivity index (χ2n) is 6.51. The number of aliphatic hydroxyl groups is 1. The lowest BCUT2D eigenvalue weighted by molar-refractivity contribution is -0.125. The van der Waals surface area contributed by atoms with E-state index < -0.39 is 5.54 Å². The Morgan fingerprint density at radius 2 is 2.20 bits per heavy atom. The average molecular weight is 273 g/mol. The minimum Gasteiger partial charge on any atom is -0.394 e. The van der Waals surface area contributed by atoms with Gasteiger partial charge in [-0.05, 0) is 49.1 Å². The Bertz CT molecular complexity index is 521. The molecular weight excluding hydrogens is 250 g/mol. The first-order valence-corrected chi connectivity index (χ1v) is 7.60. The number of hydrogen-bond acceptors (Lipinski definition) is 2. The zero-order valence-corrected chi connectivity index (χ0v) is 12.2. The number of nitrogens with one attached hydrogen (secondary N) is 1. The molecule has 1 aromatic carbocycles. The van der Waals surface area contributed by atoms with E-state index in [1.54, 1.807) is 0 Å². The Balaban J connectivity index is 1.74. The maximum Gasteiger partial charge on any atom is 0.224 e. The molecule has 0 radical (unpaired) electrons. The van der Waals surface area contributed by atoms with Crippen molar-refractivity contribution in [2.45, 2.75) is 44.6 Å². The van der Waals surface area contributed by atoms with Crippen molar-refractivity contribution in [1.29, 1.82) is 0 Å². The monoisotopic (exact) mass is 273 g/mol. The average Bonchev–Trinajstić information content (AvgIpc) is 3.22. The van der Waals surface area contributed by atoms with Crippen molar-refractivity contribution in [3.05, 3.63) is 35.4 Å². The molecule has 0 bridgehead atoms. The zero-order valence-electron chi connectivity index (χ0n) is 12.2. The SMILES string of the molecule is CCC(C)(CO)NC(=O)C1C2CCc3ccccc3C21. The number of fused-ring (bicyclic) bond motifs is 3. The van der Waals surface area contributed by atoms with Crippen LogP contribution in [-0.4, -0.2) is 23.2 Å². The lowest BCUT2D eigenvalue weighted by Gasteiger charge is -2.27. The summed E-state index contributed by atoms with van der Waals surface area (Å²) in [7, 11) is 0. The van der Waals surface area contributed by atoms with Crippen LogP contribution in [0.2, 0.25) is 0 Å². The molecule has 4 atom stereocenters. The van der Waals surface area contributed by atoms with Crippen molar-refractivity contribution in [2.24, 2.45) is 11.8 Å². The van der Waals surface area contributed by atoms with Gasteiger partial charge in [0, 0.05) is 5.92 Å². The molecule has 0 saturated heterocycles. The number of amides is 1. The molecule has 0 aromatic heterocycles. The lowest BCUT2D eigenvalue weighted by Crippen LogP contribution is -2.49. The largest absolute Gasteiger partial charge is 0.394 e. The summed E-state index contributed by atoms with van der Waals surface area (Å²) in [6, 6.07) is 8.50. The van der Waals surface area contributed by atoms with Gasteiger partial charge in [-0.15, -0.1) is 0 Å². The molecule has 1 aromatic rings. The first-order valence-electron chi connectivity index (χ1n) is 7.60. The maximum absolute atomic E-state index is 12.5. The van der Waals surface area contributed by atoms with Crippen LogP contribution in [0.25, 0.3) is 0 Å². The van der Waals surface area contributed by atoms with Crippen LogP contribution >= 0.6 is 0 Å². The fourth-order valence-electron chi connectivity index (χ4n) is 3.54. The van der Waals surface area contributed by atoms with E-state index in [0.717, 1.165) is 19.3 Å². The molecule has 0 heterocycles. The number of aliphatic hydroxyl groups excluding tert-OH is 1. The fraction of sp³-hybridized carbons (Fsp3) is 0.588. The van der Waals surface area contributed by atoms with E-state index in [2.05, 4.69) is 29.6 Å². The quantitative estimate of drug-likeness (QED) is 0.884. The van der Waals surface area contributed by atoms with Crippen LogP contribution in [0.3, 0.4) is 0 Å². The smallest absolute Gasteiger partial charge is 0.224 e. The highest BCUT2D eigenvalue weighted by atomic mass is 16.3. The Kier molecular flexibility index (Phi) is 3.33. The summed E-state index contributed by atoms with van der Waals surface area (Å²) in [4.78, 5) is 12.5. The van der Waals surface area contributed by atoms with Crippen LogP contribution in [0.5, 0.6) is 0 Å². The van der Waals surface area contributed by atoms with Gasteiger partial charge < -0.3 is 10.4 Å². The van der Waals surface area contributed by atoms with Gasteiger partial charge in [0.25, 0.3) is 0 Å². The molecule has 3 rings (SSSR count). The second-order valence-corrected chi connectivity index (χ2v) is 6.51. The van der Waals surface area contributed by atoms with Gasteiger partial charge in [0.2, 0.25) is 5.91 Å². The Labute approximate surface area is 120 Å². The number of carbonyl (C=O) groups excluding carboxylic acids is 1. The molecule has 3 nitrogen and oxygen atoms in total. The van der Waals surface area contributed by atoms with Crippen LogP contribution in [0.15, 0.2) is 24.3 Å². The van der Waals surface area contributed by atoms with Crippen molar-refractivity contribution >= 4 is 5.91 Å². The number of hydrogen-bond donors (Lipinski definition) is 2. The molecule has 4 unspecified atom stereocenters. The van der Waals surface area contributed by atoms with Crippen molar-refractivity contribution in [1.82, 2.24) is 5.32 Å². The highest BCUT2D eigenvalue weighted by Crippen LogP contribution is 2.59.